The van der Waals surface area contributed by atoms with Gasteiger partial charge in [0, 0.05) is 15.4 Å². The van der Waals surface area contributed by atoms with Crippen LogP contribution in [0.25, 0.3) is 0 Å². The normalized spacial score (nSPS) is 12.9. The number of benzene rings is 1. The highest BCUT2D eigenvalue weighted by Crippen LogP contribution is 2.33. The number of carboxylic acid groups (broad SMARTS) is 1. The molecule has 3 nitrogen and oxygen atoms in total. The minimum absolute atomic E-state index is 0.0404. The molecule has 1 unspecified atom stereocenters. The molecule has 0 spiro atoms. The van der Waals surface area contributed by atoms with Crippen molar-refractivity contribution in [2.24, 2.45) is 0 Å². The van der Waals surface area contributed by atoms with E-state index in [0.29, 0.717) is 0 Å². The molecular formula is C16H19NO2S. The van der Waals surface area contributed by atoms with Gasteiger partial charge in [-0.1, -0.05) is 39.0 Å². The maximum absolute atomic E-state index is 11.5. The Morgan fingerprint density at radius 3 is 2.30 bits per heavy atom. The number of carbonyl (C=O) groups is 1. The third-order valence-corrected chi connectivity index (χ3v) is 4.56. The molecule has 0 radical (unpaired) electrons. The van der Waals surface area contributed by atoms with Crippen molar-refractivity contribution in [2.45, 2.75) is 32.2 Å². The monoisotopic (exact) mass is 289 g/mol. The molecule has 1 heterocycles. The van der Waals surface area contributed by atoms with Gasteiger partial charge in [-0.2, -0.15) is 0 Å². The predicted molar refractivity (Wildman–Crippen MR) is 83.5 cm³/mol. The van der Waals surface area contributed by atoms with Crippen molar-refractivity contribution in [1.82, 2.24) is 0 Å². The van der Waals surface area contributed by atoms with E-state index in [-0.39, 0.29) is 5.41 Å². The van der Waals surface area contributed by atoms with Gasteiger partial charge in [0.2, 0.25) is 0 Å². The summed E-state index contributed by atoms with van der Waals surface area (Å²) in [6, 6.07) is 12.6. The van der Waals surface area contributed by atoms with Crippen molar-refractivity contribution in [1.29, 1.82) is 0 Å². The molecule has 0 amide bonds. The van der Waals surface area contributed by atoms with E-state index in [0.717, 1.165) is 10.6 Å². The highest BCUT2D eigenvalue weighted by molar-refractivity contribution is 7.12. The van der Waals surface area contributed by atoms with Gasteiger partial charge in [0.25, 0.3) is 0 Å². The van der Waals surface area contributed by atoms with Crippen LogP contribution < -0.4 is 5.32 Å². The first kappa shape index (κ1) is 14.6. The van der Waals surface area contributed by atoms with Crippen molar-refractivity contribution >= 4 is 23.0 Å². The minimum Gasteiger partial charge on any atom is -0.479 e. The molecule has 2 N–H and O–H groups in total. The van der Waals surface area contributed by atoms with E-state index in [9.17, 15) is 9.90 Å². The van der Waals surface area contributed by atoms with E-state index < -0.39 is 12.0 Å². The van der Waals surface area contributed by atoms with Crippen LogP contribution in [0.1, 0.15) is 36.6 Å². The zero-order valence-electron chi connectivity index (χ0n) is 11.9. The maximum Gasteiger partial charge on any atom is 0.331 e. The SMILES string of the molecule is CC(C)(C)c1ccc(C(Nc2ccccc2)C(=O)O)s1. The van der Waals surface area contributed by atoms with Crippen molar-refractivity contribution in [3.8, 4) is 0 Å². The molecule has 2 aromatic rings. The molecule has 0 aliphatic carbocycles. The molecular weight excluding hydrogens is 270 g/mol. The summed E-state index contributed by atoms with van der Waals surface area (Å²) in [5, 5.41) is 12.5. The fraction of sp³-hybridized carbons (Fsp3) is 0.312. The third kappa shape index (κ3) is 3.39. The van der Waals surface area contributed by atoms with Crippen LogP contribution in [0, 0.1) is 0 Å². The number of thiophene rings is 1. The summed E-state index contributed by atoms with van der Waals surface area (Å²) in [4.78, 5) is 13.5. The summed E-state index contributed by atoms with van der Waals surface area (Å²) in [5.41, 5.74) is 0.851. The van der Waals surface area contributed by atoms with Crippen LogP contribution >= 0.6 is 11.3 Å². The number of para-hydroxylation sites is 1. The van der Waals surface area contributed by atoms with Gasteiger partial charge in [0.15, 0.2) is 6.04 Å². The Morgan fingerprint density at radius 2 is 1.80 bits per heavy atom. The summed E-state index contributed by atoms with van der Waals surface area (Å²) in [6.07, 6.45) is 0. The summed E-state index contributed by atoms with van der Waals surface area (Å²) < 4.78 is 0. The van der Waals surface area contributed by atoms with Crippen LogP contribution in [0.5, 0.6) is 0 Å². The van der Waals surface area contributed by atoms with Crippen LogP contribution in [-0.2, 0) is 10.2 Å². The van der Waals surface area contributed by atoms with Gasteiger partial charge in [-0.05, 0) is 29.7 Å². The standard InChI is InChI=1S/C16H19NO2S/c1-16(2,3)13-10-9-12(20-13)14(15(18)19)17-11-7-5-4-6-8-11/h4-10,14,17H,1-3H3,(H,18,19). The predicted octanol–water partition coefficient (Wildman–Crippen LogP) is 4.28. The van der Waals surface area contributed by atoms with E-state index in [2.05, 4.69) is 26.1 Å². The number of rotatable bonds is 4. The molecule has 0 fully saturated rings. The second kappa shape index (κ2) is 5.67. The third-order valence-electron chi connectivity index (χ3n) is 2.98. The van der Waals surface area contributed by atoms with Crippen molar-refractivity contribution in [3.63, 3.8) is 0 Å². The second-order valence-corrected chi connectivity index (χ2v) is 6.85. The molecule has 0 saturated carbocycles. The van der Waals surface area contributed by atoms with Gasteiger partial charge in [0.05, 0.1) is 0 Å². The fourth-order valence-electron chi connectivity index (χ4n) is 1.87. The summed E-state index contributed by atoms with van der Waals surface area (Å²) in [6.45, 7) is 6.38. The molecule has 2 rings (SSSR count). The Hall–Kier alpha value is -1.81. The Balaban J connectivity index is 2.25. The lowest BCUT2D eigenvalue weighted by atomic mass is 9.95. The molecule has 1 aromatic heterocycles. The number of nitrogens with one attached hydrogen (secondary N) is 1. The molecule has 1 atom stereocenters. The van der Waals surface area contributed by atoms with Crippen LogP contribution in [0.2, 0.25) is 0 Å². The van der Waals surface area contributed by atoms with E-state index in [1.807, 2.05) is 42.5 Å². The maximum atomic E-state index is 11.5. The van der Waals surface area contributed by atoms with Gasteiger partial charge in [0.1, 0.15) is 0 Å². The Bertz CT molecular complexity index is 584. The summed E-state index contributed by atoms with van der Waals surface area (Å²) in [5.74, 6) is -0.865. The zero-order chi connectivity index (χ0) is 14.8. The first-order valence-electron chi connectivity index (χ1n) is 6.52. The van der Waals surface area contributed by atoms with Crippen molar-refractivity contribution in [2.75, 3.05) is 5.32 Å². The van der Waals surface area contributed by atoms with Crippen LogP contribution in [-0.4, -0.2) is 11.1 Å². The highest BCUT2D eigenvalue weighted by Gasteiger charge is 2.24. The first-order valence-corrected chi connectivity index (χ1v) is 7.34. The molecule has 20 heavy (non-hydrogen) atoms. The van der Waals surface area contributed by atoms with E-state index in [1.54, 1.807) is 11.3 Å². The molecule has 0 saturated heterocycles. The molecule has 0 bridgehead atoms. The fourth-order valence-corrected chi connectivity index (χ4v) is 2.98. The summed E-state index contributed by atoms with van der Waals surface area (Å²) >= 11 is 1.55. The van der Waals surface area contributed by atoms with E-state index in [4.69, 9.17) is 0 Å². The largest absolute Gasteiger partial charge is 0.479 e. The van der Waals surface area contributed by atoms with Crippen molar-refractivity contribution in [3.05, 3.63) is 52.2 Å². The molecule has 1 aromatic carbocycles. The second-order valence-electron chi connectivity index (χ2n) is 5.73. The smallest absolute Gasteiger partial charge is 0.331 e. The lowest BCUT2D eigenvalue weighted by Crippen LogP contribution is -2.19. The van der Waals surface area contributed by atoms with Gasteiger partial charge in [-0.25, -0.2) is 4.79 Å². The Kier molecular flexibility index (Phi) is 4.14. The van der Waals surface area contributed by atoms with Gasteiger partial charge in [-0.15, -0.1) is 11.3 Å². The minimum atomic E-state index is -0.865. The van der Waals surface area contributed by atoms with Gasteiger partial charge in [-0.3, -0.25) is 0 Å². The Morgan fingerprint density at radius 1 is 1.15 bits per heavy atom. The number of anilines is 1. The van der Waals surface area contributed by atoms with E-state index in [1.165, 1.54) is 4.88 Å². The van der Waals surface area contributed by atoms with Crippen LogP contribution in [0.4, 0.5) is 5.69 Å². The number of hydrogen-bond donors (Lipinski definition) is 2. The number of aliphatic carboxylic acids is 1. The topological polar surface area (TPSA) is 49.3 Å². The lowest BCUT2D eigenvalue weighted by Gasteiger charge is -2.17. The van der Waals surface area contributed by atoms with Crippen LogP contribution in [0.3, 0.4) is 0 Å². The lowest BCUT2D eigenvalue weighted by molar-refractivity contribution is -0.138. The highest BCUT2D eigenvalue weighted by atomic mass is 32.1. The summed E-state index contributed by atoms with van der Waals surface area (Å²) in [7, 11) is 0. The van der Waals surface area contributed by atoms with Gasteiger partial charge >= 0.3 is 5.97 Å². The number of hydrogen-bond acceptors (Lipinski definition) is 3. The molecule has 0 aliphatic rings. The molecule has 4 heteroatoms. The van der Waals surface area contributed by atoms with Crippen molar-refractivity contribution < 1.29 is 9.90 Å². The average Bonchev–Trinajstić information content (AvgIpc) is 2.86. The quantitative estimate of drug-likeness (QED) is 0.883. The van der Waals surface area contributed by atoms with E-state index >= 15 is 0 Å². The zero-order valence-corrected chi connectivity index (χ0v) is 12.7. The average molecular weight is 289 g/mol. The molecule has 106 valence electrons. The molecule has 0 aliphatic heterocycles. The number of carboxylic acids is 1. The van der Waals surface area contributed by atoms with Gasteiger partial charge < -0.3 is 10.4 Å². The van der Waals surface area contributed by atoms with Crippen LogP contribution in [0.15, 0.2) is 42.5 Å². The Labute approximate surface area is 123 Å². The first-order chi connectivity index (χ1) is 9.38.